The molecule has 2 aliphatic rings. The number of piperazine rings is 1. The van der Waals surface area contributed by atoms with Crippen LogP contribution in [0.1, 0.15) is 29.4 Å². The van der Waals surface area contributed by atoms with E-state index in [0.717, 1.165) is 18.0 Å². The molecule has 1 aliphatic heterocycles. The fraction of sp³-hybridized carbons (Fsp3) is 0.500. The highest BCUT2D eigenvalue weighted by Gasteiger charge is 2.28. The van der Waals surface area contributed by atoms with Crippen molar-refractivity contribution in [1.82, 2.24) is 24.6 Å². The summed E-state index contributed by atoms with van der Waals surface area (Å²) in [4.78, 5) is 28.2. The summed E-state index contributed by atoms with van der Waals surface area (Å²) in [5, 5.41) is 8.85. The minimum absolute atomic E-state index is 0.0699. The minimum atomic E-state index is -0.121. The van der Waals surface area contributed by atoms with Gasteiger partial charge < -0.3 is 18.8 Å². The molecule has 0 bridgehead atoms. The molecule has 2 aromatic heterocycles. The Morgan fingerprint density at radius 1 is 1.20 bits per heavy atom. The molecule has 1 saturated heterocycles. The molecule has 4 rings (SSSR count). The Morgan fingerprint density at radius 2 is 1.96 bits per heavy atom. The van der Waals surface area contributed by atoms with Crippen LogP contribution < -0.4 is 0 Å². The van der Waals surface area contributed by atoms with Gasteiger partial charge in [-0.1, -0.05) is 11.8 Å². The van der Waals surface area contributed by atoms with Gasteiger partial charge in [0.05, 0.1) is 12.0 Å². The smallest absolute Gasteiger partial charge is 0.289 e. The fourth-order valence-electron chi connectivity index (χ4n) is 2.87. The van der Waals surface area contributed by atoms with Crippen molar-refractivity contribution >= 4 is 23.6 Å². The maximum absolute atomic E-state index is 12.4. The molecule has 0 aromatic carbocycles. The SMILES string of the molecule is O=C(CSc1nncn1C1CC1)N1CCN(C(=O)c2ccco2)CC1. The van der Waals surface area contributed by atoms with Crippen molar-refractivity contribution in [3.8, 4) is 0 Å². The normalized spacial score (nSPS) is 17.8. The summed E-state index contributed by atoms with van der Waals surface area (Å²) in [7, 11) is 0. The van der Waals surface area contributed by atoms with Crippen LogP contribution in [0, 0.1) is 0 Å². The first-order valence-electron chi connectivity index (χ1n) is 8.35. The molecule has 1 saturated carbocycles. The molecule has 25 heavy (non-hydrogen) atoms. The van der Waals surface area contributed by atoms with Gasteiger partial charge in [0.15, 0.2) is 10.9 Å². The van der Waals surface area contributed by atoms with Crippen LogP contribution in [0.4, 0.5) is 0 Å². The van der Waals surface area contributed by atoms with Crippen LogP contribution in [-0.2, 0) is 4.79 Å². The number of hydrogen-bond acceptors (Lipinski definition) is 6. The van der Waals surface area contributed by atoms with Crippen LogP contribution in [0.2, 0.25) is 0 Å². The third-order valence-electron chi connectivity index (χ3n) is 4.46. The molecule has 2 amide bonds. The zero-order chi connectivity index (χ0) is 17.2. The molecular formula is C16H19N5O3S. The number of furan rings is 1. The summed E-state index contributed by atoms with van der Waals surface area (Å²) in [6, 6.07) is 3.86. The van der Waals surface area contributed by atoms with E-state index >= 15 is 0 Å². The van der Waals surface area contributed by atoms with E-state index in [4.69, 9.17) is 4.42 Å². The van der Waals surface area contributed by atoms with Crippen molar-refractivity contribution < 1.29 is 14.0 Å². The monoisotopic (exact) mass is 361 g/mol. The second-order valence-corrected chi connectivity index (χ2v) is 7.13. The highest BCUT2D eigenvalue weighted by atomic mass is 32.2. The van der Waals surface area contributed by atoms with Gasteiger partial charge in [-0.2, -0.15) is 0 Å². The maximum Gasteiger partial charge on any atom is 0.289 e. The molecule has 3 heterocycles. The molecule has 2 aromatic rings. The number of carbonyl (C=O) groups excluding carboxylic acids is 2. The quantitative estimate of drug-likeness (QED) is 0.746. The van der Waals surface area contributed by atoms with Crippen LogP contribution in [0.3, 0.4) is 0 Å². The van der Waals surface area contributed by atoms with Crippen molar-refractivity contribution in [3.05, 3.63) is 30.5 Å². The third-order valence-corrected chi connectivity index (χ3v) is 5.40. The number of carbonyl (C=O) groups is 2. The first-order valence-corrected chi connectivity index (χ1v) is 9.34. The minimum Gasteiger partial charge on any atom is -0.459 e. The van der Waals surface area contributed by atoms with Gasteiger partial charge in [-0.3, -0.25) is 9.59 Å². The summed E-state index contributed by atoms with van der Waals surface area (Å²) < 4.78 is 7.20. The zero-order valence-electron chi connectivity index (χ0n) is 13.7. The first kappa shape index (κ1) is 16.2. The number of rotatable bonds is 5. The summed E-state index contributed by atoms with van der Waals surface area (Å²) in [6.45, 7) is 2.13. The average Bonchev–Trinajstić information content (AvgIpc) is 3.14. The van der Waals surface area contributed by atoms with Crippen LogP contribution in [0.5, 0.6) is 0 Å². The molecular weight excluding hydrogens is 342 g/mol. The number of thioether (sulfide) groups is 1. The molecule has 2 fully saturated rings. The largest absolute Gasteiger partial charge is 0.459 e. The molecule has 0 radical (unpaired) electrons. The Labute approximate surface area is 149 Å². The van der Waals surface area contributed by atoms with Gasteiger partial charge in [-0.15, -0.1) is 10.2 Å². The Morgan fingerprint density at radius 3 is 2.64 bits per heavy atom. The van der Waals surface area contributed by atoms with Crippen LogP contribution >= 0.6 is 11.8 Å². The molecule has 9 heteroatoms. The first-order chi connectivity index (χ1) is 12.2. The highest BCUT2D eigenvalue weighted by molar-refractivity contribution is 7.99. The zero-order valence-corrected chi connectivity index (χ0v) is 14.5. The second-order valence-electron chi connectivity index (χ2n) is 6.19. The lowest BCUT2D eigenvalue weighted by molar-refractivity contribution is -0.129. The van der Waals surface area contributed by atoms with Crippen molar-refractivity contribution in [1.29, 1.82) is 0 Å². The fourth-order valence-corrected chi connectivity index (χ4v) is 3.76. The standard InChI is InChI=1S/C16H19N5O3S/c22-14(10-25-16-18-17-11-21(16)12-3-4-12)19-5-7-20(8-6-19)15(23)13-2-1-9-24-13/h1-2,9,11-12H,3-8,10H2. The van der Waals surface area contributed by atoms with E-state index in [1.54, 1.807) is 28.3 Å². The van der Waals surface area contributed by atoms with Crippen molar-refractivity contribution in [2.24, 2.45) is 0 Å². The Hall–Kier alpha value is -2.29. The van der Waals surface area contributed by atoms with E-state index in [2.05, 4.69) is 14.8 Å². The van der Waals surface area contributed by atoms with Gasteiger partial charge in [0.2, 0.25) is 5.91 Å². The van der Waals surface area contributed by atoms with Gasteiger partial charge >= 0.3 is 0 Å². The number of hydrogen-bond donors (Lipinski definition) is 0. The Kier molecular flexibility index (Phi) is 4.48. The van der Waals surface area contributed by atoms with E-state index in [0.29, 0.717) is 43.7 Å². The molecule has 0 unspecified atom stereocenters. The summed E-state index contributed by atoms with van der Waals surface area (Å²) in [5.41, 5.74) is 0. The molecule has 0 atom stereocenters. The summed E-state index contributed by atoms with van der Waals surface area (Å²) >= 11 is 1.43. The van der Waals surface area contributed by atoms with E-state index in [1.807, 2.05) is 0 Å². The molecule has 1 aliphatic carbocycles. The molecule has 0 N–H and O–H groups in total. The lowest BCUT2D eigenvalue weighted by Gasteiger charge is -2.34. The predicted molar refractivity (Wildman–Crippen MR) is 90.2 cm³/mol. The van der Waals surface area contributed by atoms with Gasteiger partial charge in [-0.25, -0.2) is 0 Å². The lowest BCUT2D eigenvalue weighted by Crippen LogP contribution is -2.51. The topological polar surface area (TPSA) is 84.5 Å². The number of amides is 2. The number of aromatic nitrogens is 3. The summed E-state index contributed by atoms with van der Waals surface area (Å²) in [6.07, 6.45) is 5.55. The maximum atomic E-state index is 12.4. The van der Waals surface area contributed by atoms with Crippen molar-refractivity contribution in [3.63, 3.8) is 0 Å². The van der Waals surface area contributed by atoms with Gasteiger partial charge in [-0.05, 0) is 25.0 Å². The van der Waals surface area contributed by atoms with E-state index in [1.165, 1.54) is 18.0 Å². The Bertz CT molecular complexity index is 748. The van der Waals surface area contributed by atoms with Gasteiger partial charge in [0, 0.05) is 32.2 Å². The van der Waals surface area contributed by atoms with Crippen molar-refractivity contribution in [2.45, 2.75) is 24.0 Å². The van der Waals surface area contributed by atoms with E-state index in [9.17, 15) is 9.59 Å². The van der Waals surface area contributed by atoms with Crippen LogP contribution in [0.15, 0.2) is 34.3 Å². The molecule has 132 valence electrons. The lowest BCUT2D eigenvalue weighted by atomic mass is 10.3. The van der Waals surface area contributed by atoms with Crippen LogP contribution in [-0.4, -0.2) is 68.3 Å². The van der Waals surface area contributed by atoms with Crippen molar-refractivity contribution in [2.75, 3.05) is 31.9 Å². The predicted octanol–water partition coefficient (Wildman–Crippen LogP) is 1.28. The third kappa shape index (κ3) is 3.55. The second kappa shape index (κ2) is 6.91. The van der Waals surface area contributed by atoms with Gasteiger partial charge in [0.1, 0.15) is 6.33 Å². The average molecular weight is 361 g/mol. The molecule has 8 nitrogen and oxygen atoms in total. The van der Waals surface area contributed by atoms with Gasteiger partial charge in [0.25, 0.3) is 5.91 Å². The molecule has 0 spiro atoms. The Balaban J connectivity index is 1.26. The van der Waals surface area contributed by atoms with E-state index < -0.39 is 0 Å². The number of nitrogens with zero attached hydrogens (tertiary/aromatic N) is 5. The van der Waals surface area contributed by atoms with Crippen LogP contribution in [0.25, 0.3) is 0 Å². The summed E-state index contributed by atoms with van der Waals surface area (Å²) in [5.74, 6) is 0.636. The van der Waals surface area contributed by atoms with E-state index in [-0.39, 0.29) is 11.8 Å². The highest BCUT2D eigenvalue weighted by Crippen LogP contribution is 2.37.